The molecule has 0 saturated carbocycles. The molecule has 0 N–H and O–H groups in total. The van der Waals surface area contributed by atoms with Crippen LogP contribution in [0.15, 0.2) is 29.4 Å². The van der Waals surface area contributed by atoms with Gasteiger partial charge in [-0.3, -0.25) is 0 Å². The number of oxime groups is 1. The van der Waals surface area contributed by atoms with Crippen molar-refractivity contribution in [2.45, 2.75) is 25.9 Å². The zero-order valence-corrected chi connectivity index (χ0v) is 11.7. The number of rotatable bonds is 6. The molecule has 0 spiro atoms. The molecule has 0 fully saturated rings. The summed E-state index contributed by atoms with van der Waals surface area (Å²) in [6.45, 7) is 1.52. The number of hydrogen-bond acceptors (Lipinski definition) is 4. The molecule has 0 unspecified atom stereocenters. The molecule has 7 heteroatoms. The average molecular weight is 303 g/mol. The Morgan fingerprint density at radius 3 is 2.57 bits per heavy atom. The van der Waals surface area contributed by atoms with Gasteiger partial charge < -0.3 is 9.57 Å². The normalized spacial score (nSPS) is 12.1. The SMILES string of the molecule is COC(=O)c1cccc(C(C)=NOCCCC(F)(F)F)c1. The van der Waals surface area contributed by atoms with Crippen LogP contribution in [-0.4, -0.2) is 31.6 Å². The van der Waals surface area contributed by atoms with Gasteiger partial charge in [0.25, 0.3) is 0 Å². The second-order valence-corrected chi connectivity index (χ2v) is 4.30. The minimum atomic E-state index is -4.18. The molecule has 4 nitrogen and oxygen atoms in total. The Kier molecular flexibility index (Phi) is 6.20. The van der Waals surface area contributed by atoms with Gasteiger partial charge in [-0.05, 0) is 31.0 Å². The molecule has 0 atom stereocenters. The van der Waals surface area contributed by atoms with Gasteiger partial charge in [-0.25, -0.2) is 4.79 Å². The predicted molar refractivity (Wildman–Crippen MR) is 71.2 cm³/mol. The lowest BCUT2D eigenvalue weighted by Gasteiger charge is -2.06. The van der Waals surface area contributed by atoms with E-state index >= 15 is 0 Å². The largest absolute Gasteiger partial charge is 0.465 e. The number of carbonyl (C=O) groups excluding carboxylic acids is 1. The van der Waals surface area contributed by atoms with E-state index in [1.807, 2.05) is 0 Å². The molecule has 0 radical (unpaired) electrons. The molecular weight excluding hydrogens is 287 g/mol. The average Bonchev–Trinajstić information content (AvgIpc) is 2.44. The molecule has 116 valence electrons. The lowest BCUT2D eigenvalue weighted by molar-refractivity contribution is -0.137. The van der Waals surface area contributed by atoms with Gasteiger partial charge in [0, 0.05) is 6.42 Å². The summed E-state index contributed by atoms with van der Waals surface area (Å²) >= 11 is 0. The molecule has 1 aromatic rings. The highest BCUT2D eigenvalue weighted by Crippen LogP contribution is 2.21. The van der Waals surface area contributed by atoms with Crippen molar-refractivity contribution in [3.63, 3.8) is 0 Å². The molecule has 1 rings (SSSR count). The Morgan fingerprint density at radius 2 is 1.95 bits per heavy atom. The molecule has 0 heterocycles. The first-order valence-corrected chi connectivity index (χ1v) is 6.25. The summed E-state index contributed by atoms with van der Waals surface area (Å²) < 4.78 is 40.4. The number of hydrogen-bond donors (Lipinski definition) is 0. The fourth-order valence-corrected chi connectivity index (χ4v) is 1.52. The van der Waals surface area contributed by atoms with Gasteiger partial charge in [-0.1, -0.05) is 17.3 Å². The first kappa shape index (κ1) is 17.0. The van der Waals surface area contributed by atoms with Gasteiger partial charge in [-0.2, -0.15) is 13.2 Å². The predicted octanol–water partition coefficient (Wildman–Crippen LogP) is 3.56. The lowest BCUT2D eigenvalue weighted by Crippen LogP contribution is -2.08. The summed E-state index contributed by atoms with van der Waals surface area (Å²) in [6.07, 6.45) is -5.24. The van der Waals surface area contributed by atoms with Crippen molar-refractivity contribution in [3.05, 3.63) is 35.4 Å². The minimum absolute atomic E-state index is 0.118. The van der Waals surface area contributed by atoms with Crippen molar-refractivity contribution in [1.29, 1.82) is 0 Å². The summed E-state index contributed by atoms with van der Waals surface area (Å²) in [7, 11) is 1.28. The van der Waals surface area contributed by atoms with Gasteiger partial charge in [0.2, 0.25) is 0 Å². The summed E-state index contributed by atoms with van der Waals surface area (Å²) in [5.41, 5.74) is 1.46. The molecule has 0 aliphatic carbocycles. The van der Waals surface area contributed by atoms with Crippen molar-refractivity contribution in [1.82, 2.24) is 0 Å². The zero-order chi connectivity index (χ0) is 15.9. The third-order valence-corrected chi connectivity index (χ3v) is 2.60. The number of ether oxygens (including phenoxy) is 1. The van der Waals surface area contributed by atoms with Crippen LogP contribution in [0.1, 0.15) is 35.7 Å². The van der Waals surface area contributed by atoms with E-state index in [1.165, 1.54) is 7.11 Å². The number of alkyl halides is 3. The Balaban J connectivity index is 2.56. The molecule has 0 amide bonds. The van der Waals surface area contributed by atoms with Gasteiger partial charge >= 0.3 is 12.1 Å². The van der Waals surface area contributed by atoms with Crippen molar-refractivity contribution >= 4 is 11.7 Å². The van der Waals surface area contributed by atoms with Crippen LogP contribution >= 0.6 is 0 Å². The fourth-order valence-electron chi connectivity index (χ4n) is 1.52. The van der Waals surface area contributed by atoms with E-state index in [2.05, 4.69) is 9.89 Å². The molecule has 0 aliphatic rings. The Morgan fingerprint density at radius 1 is 1.29 bits per heavy atom. The van der Waals surface area contributed by atoms with E-state index in [0.717, 1.165) is 0 Å². The molecular formula is C14H16F3NO3. The lowest BCUT2D eigenvalue weighted by atomic mass is 10.1. The number of esters is 1. The Labute approximate surface area is 120 Å². The maximum atomic E-state index is 11.9. The van der Waals surface area contributed by atoms with Crippen LogP contribution in [-0.2, 0) is 9.57 Å². The van der Waals surface area contributed by atoms with Crippen molar-refractivity contribution in [3.8, 4) is 0 Å². The van der Waals surface area contributed by atoms with Crippen LogP contribution < -0.4 is 0 Å². The Hall–Kier alpha value is -2.05. The highest BCUT2D eigenvalue weighted by Gasteiger charge is 2.26. The highest BCUT2D eigenvalue weighted by molar-refractivity contribution is 6.00. The number of carbonyl (C=O) groups is 1. The number of nitrogens with zero attached hydrogens (tertiary/aromatic N) is 1. The maximum absolute atomic E-state index is 11.9. The Bertz CT molecular complexity index is 512. The molecule has 0 bridgehead atoms. The van der Waals surface area contributed by atoms with Gasteiger partial charge in [0.1, 0.15) is 6.61 Å². The third kappa shape index (κ3) is 6.29. The van der Waals surface area contributed by atoms with E-state index < -0.39 is 18.6 Å². The number of benzene rings is 1. The molecule has 0 aliphatic heterocycles. The molecule has 0 saturated heterocycles. The minimum Gasteiger partial charge on any atom is -0.465 e. The topological polar surface area (TPSA) is 47.9 Å². The van der Waals surface area contributed by atoms with E-state index in [9.17, 15) is 18.0 Å². The fraction of sp³-hybridized carbons (Fsp3) is 0.429. The van der Waals surface area contributed by atoms with Crippen LogP contribution in [0.4, 0.5) is 13.2 Å². The van der Waals surface area contributed by atoms with Crippen LogP contribution in [0, 0.1) is 0 Å². The number of methoxy groups -OCH3 is 1. The van der Waals surface area contributed by atoms with E-state index in [1.54, 1.807) is 31.2 Å². The van der Waals surface area contributed by atoms with Crippen LogP contribution in [0.5, 0.6) is 0 Å². The van der Waals surface area contributed by atoms with Crippen LogP contribution in [0.3, 0.4) is 0 Å². The molecule has 21 heavy (non-hydrogen) atoms. The first-order valence-electron chi connectivity index (χ1n) is 6.25. The van der Waals surface area contributed by atoms with Crippen molar-refractivity contribution in [2.24, 2.45) is 5.16 Å². The third-order valence-electron chi connectivity index (χ3n) is 2.60. The monoisotopic (exact) mass is 303 g/mol. The molecule has 0 aromatic heterocycles. The summed E-state index contributed by atoms with van der Waals surface area (Å²) in [4.78, 5) is 16.2. The van der Waals surface area contributed by atoms with Gasteiger partial charge in [0.05, 0.1) is 18.4 Å². The van der Waals surface area contributed by atoms with Crippen LogP contribution in [0.2, 0.25) is 0 Å². The summed E-state index contributed by atoms with van der Waals surface area (Å²) in [5.74, 6) is -0.476. The van der Waals surface area contributed by atoms with E-state index in [0.29, 0.717) is 16.8 Å². The summed E-state index contributed by atoms with van der Waals surface area (Å²) in [5, 5.41) is 3.74. The van der Waals surface area contributed by atoms with Crippen LogP contribution in [0.25, 0.3) is 0 Å². The van der Waals surface area contributed by atoms with Gasteiger partial charge in [-0.15, -0.1) is 0 Å². The smallest absolute Gasteiger partial charge is 0.389 e. The van der Waals surface area contributed by atoms with Gasteiger partial charge in [0.15, 0.2) is 0 Å². The maximum Gasteiger partial charge on any atom is 0.389 e. The number of halogens is 3. The second kappa shape index (κ2) is 7.66. The van der Waals surface area contributed by atoms with Crippen molar-refractivity contribution < 1.29 is 27.5 Å². The quantitative estimate of drug-likeness (QED) is 0.349. The highest BCUT2D eigenvalue weighted by atomic mass is 19.4. The standard InChI is InChI=1S/C14H16F3NO3/c1-10(18-21-8-4-7-14(15,16)17)11-5-3-6-12(9-11)13(19)20-2/h3,5-6,9H,4,7-8H2,1-2H3. The second-order valence-electron chi connectivity index (χ2n) is 4.30. The van der Waals surface area contributed by atoms with Crippen molar-refractivity contribution in [2.75, 3.05) is 13.7 Å². The van der Waals surface area contributed by atoms with E-state index in [-0.39, 0.29) is 13.0 Å². The zero-order valence-electron chi connectivity index (χ0n) is 11.7. The first-order chi connectivity index (χ1) is 9.83. The molecule has 1 aromatic carbocycles. The van der Waals surface area contributed by atoms with E-state index in [4.69, 9.17) is 4.84 Å². The summed E-state index contributed by atoms with van der Waals surface area (Å²) in [6, 6.07) is 6.53.